The summed E-state index contributed by atoms with van der Waals surface area (Å²) in [4.78, 5) is 23.2. The molecule has 0 saturated heterocycles. The van der Waals surface area contributed by atoms with Crippen LogP contribution in [0, 0.1) is 11.8 Å². The Morgan fingerprint density at radius 2 is 1.93 bits per heavy atom. The number of hydrogen-bond acceptors (Lipinski definition) is 3. The van der Waals surface area contributed by atoms with Crippen LogP contribution in [0.2, 0.25) is 0 Å². The third-order valence-electron chi connectivity index (χ3n) is 2.99. The number of methoxy groups -OCH3 is 1. The number of Topliss-reactive ketones (excluding diaryl/α,β-unsaturated/α-hetero) is 1. The lowest BCUT2D eigenvalue weighted by Crippen LogP contribution is -2.29. The molecule has 1 atom stereocenters. The fraction of sp³-hybridized carbons (Fsp3) is 0.818. The summed E-state index contributed by atoms with van der Waals surface area (Å²) in [6.45, 7) is 1.86. The first-order chi connectivity index (χ1) is 6.70. The van der Waals surface area contributed by atoms with Crippen molar-refractivity contribution in [2.75, 3.05) is 7.11 Å². The summed E-state index contributed by atoms with van der Waals surface area (Å²) in [5, 5.41) is 0. The van der Waals surface area contributed by atoms with E-state index in [1.807, 2.05) is 6.92 Å². The van der Waals surface area contributed by atoms with Crippen LogP contribution in [-0.2, 0) is 14.3 Å². The lowest BCUT2D eigenvalue weighted by atomic mass is 9.90. The SMILES string of the molecule is CCC(C(=O)OC)C(=O)C1CCCC1. The summed E-state index contributed by atoms with van der Waals surface area (Å²) in [6.07, 6.45) is 4.70. The average molecular weight is 198 g/mol. The molecule has 0 N–H and O–H groups in total. The molecule has 0 aromatic heterocycles. The molecule has 0 aliphatic heterocycles. The molecule has 1 aliphatic rings. The van der Waals surface area contributed by atoms with Crippen LogP contribution in [0.5, 0.6) is 0 Å². The second-order valence-corrected chi connectivity index (χ2v) is 3.87. The molecule has 3 nitrogen and oxygen atoms in total. The van der Waals surface area contributed by atoms with Crippen molar-refractivity contribution in [2.24, 2.45) is 11.8 Å². The Labute approximate surface area is 84.8 Å². The van der Waals surface area contributed by atoms with Gasteiger partial charge in [0.25, 0.3) is 0 Å². The smallest absolute Gasteiger partial charge is 0.316 e. The molecule has 1 unspecified atom stereocenters. The van der Waals surface area contributed by atoms with Gasteiger partial charge in [-0.1, -0.05) is 19.8 Å². The van der Waals surface area contributed by atoms with Crippen LogP contribution in [0.4, 0.5) is 0 Å². The number of rotatable bonds is 4. The predicted octanol–water partition coefficient (Wildman–Crippen LogP) is 1.94. The Bertz CT molecular complexity index is 217. The monoisotopic (exact) mass is 198 g/mol. The van der Waals surface area contributed by atoms with Crippen molar-refractivity contribution >= 4 is 11.8 Å². The molecule has 80 valence electrons. The Morgan fingerprint density at radius 1 is 1.36 bits per heavy atom. The molecular formula is C11H18O3. The molecule has 0 aromatic rings. The zero-order valence-corrected chi connectivity index (χ0v) is 8.91. The van der Waals surface area contributed by atoms with E-state index in [0.29, 0.717) is 6.42 Å². The first kappa shape index (κ1) is 11.2. The van der Waals surface area contributed by atoms with Gasteiger partial charge in [0.1, 0.15) is 11.7 Å². The number of esters is 1. The van der Waals surface area contributed by atoms with E-state index < -0.39 is 5.92 Å². The lowest BCUT2D eigenvalue weighted by molar-refractivity contribution is -0.150. The van der Waals surface area contributed by atoms with E-state index >= 15 is 0 Å². The van der Waals surface area contributed by atoms with Crippen LogP contribution >= 0.6 is 0 Å². The quantitative estimate of drug-likeness (QED) is 0.512. The summed E-state index contributed by atoms with van der Waals surface area (Å²) in [7, 11) is 1.34. The molecule has 0 aromatic carbocycles. The van der Waals surface area contributed by atoms with E-state index in [1.54, 1.807) is 0 Å². The van der Waals surface area contributed by atoms with Crippen LogP contribution in [0.25, 0.3) is 0 Å². The van der Waals surface area contributed by atoms with E-state index in [2.05, 4.69) is 4.74 Å². The molecule has 0 radical (unpaired) electrons. The number of ether oxygens (including phenoxy) is 1. The molecular weight excluding hydrogens is 180 g/mol. The molecule has 0 spiro atoms. The maximum Gasteiger partial charge on any atom is 0.316 e. The maximum atomic E-state index is 11.9. The van der Waals surface area contributed by atoms with Crippen molar-refractivity contribution in [2.45, 2.75) is 39.0 Å². The van der Waals surface area contributed by atoms with Crippen LogP contribution in [0.1, 0.15) is 39.0 Å². The topological polar surface area (TPSA) is 43.4 Å². The number of carbonyl (C=O) groups excluding carboxylic acids is 2. The van der Waals surface area contributed by atoms with Crippen molar-refractivity contribution in [1.82, 2.24) is 0 Å². The Balaban J connectivity index is 2.59. The highest BCUT2D eigenvalue weighted by atomic mass is 16.5. The van der Waals surface area contributed by atoms with Gasteiger partial charge in [0, 0.05) is 5.92 Å². The lowest BCUT2D eigenvalue weighted by Gasteiger charge is -2.15. The molecule has 3 heteroatoms. The first-order valence-corrected chi connectivity index (χ1v) is 5.32. The minimum Gasteiger partial charge on any atom is -0.468 e. The molecule has 1 rings (SSSR count). The number of carbonyl (C=O) groups is 2. The summed E-state index contributed by atoms with van der Waals surface area (Å²) < 4.78 is 4.62. The van der Waals surface area contributed by atoms with Gasteiger partial charge >= 0.3 is 5.97 Å². The van der Waals surface area contributed by atoms with Crippen LogP contribution < -0.4 is 0 Å². The summed E-state index contributed by atoms with van der Waals surface area (Å²) in [5.41, 5.74) is 0. The van der Waals surface area contributed by atoms with E-state index in [1.165, 1.54) is 7.11 Å². The van der Waals surface area contributed by atoms with Gasteiger partial charge in [0.15, 0.2) is 0 Å². The minimum atomic E-state index is -0.525. The van der Waals surface area contributed by atoms with Gasteiger partial charge in [-0.15, -0.1) is 0 Å². The largest absolute Gasteiger partial charge is 0.468 e. The molecule has 1 saturated carbocycles. The van der Waals surface area contributed by atoms with E-state index in [-0.39, 0.29) is 17.7 Å². The van der Waals surface area contributed by atoms with Crippen molar-refractivity contribution in [3.63, 3.8) is 0 Å². The summed E-state index contributed by atoms with van der Waals surface area (Å²) in [6, 6.07) is 0. The van der Waals surface area contributed by atoms with Gasteiger partial charge < -0.3 is 4.74 Å². The summed E-state index contributed by atoms with van der Waals surface area (Å²) in [5.74, 6) is -0.691. The standard InChI is InChI=1S/C11H18O3/c1-3-9(11(13)14-2)10(12)8-6-4-5-7-8/h8-9H,3-7H2,1-2H3. The van der Waals surface area contributed by atoms with Crippen molar-refractivity contribution in [1.29, 1.82) is 0 Å². The minimum absolute atomic E-state index is 0.0943. The van der Waals surface area contributed by atoms with Crippen LogP contribution in [0.3, 0.4) is 0 Å². The number of ketones is 1. The van der Waals surface area contributed by atoms with Crippen LogP contribution in [0.15, 0.2) is 0 Å². The molecule has 14 heavy (non-hydrogen) atoms. The van der Waals surface area contributed by atoms with E-state index in [4.69, 9.17) is 0 Å². The molecule has 1 fully saturated rings. The highest BCUT2D eigenvalue weighted by Crippen LogP contribution is 2.28. The third-order valence-corrected chi connectivity index (χ3v) is 2.99. The zero-order valence-electron chi connectivity index (χ0n) is 8.91. The molecule has 0 bridgehead atoms. The molecule has 0 heterocycles. The highest BCUT2D eigenvalue weighted by Gasteiger charge is 2.32. The highest BCUT2D eigenvalue weighted by molar-refractivity contribution is 6.00. The average Bonchev–Trinajstić information content (AvgIpc) is 2.71. The fourth-order valence-corrected chi connectivity index (χ4v) is 2.12. The Hall–Kier alpha value is -0.860. The van der Waals surface area contributed by atoms with Gasteiger partial charge in [0.05, 0.1) is 7.11 Å². The molecule has 0 amide bonds. The Morgan fingerprint density at radius 3 is 2.36 bits per heavy atom. The normalized spacial score (nSPS) is 19.3. The Kier molecular flexibility index (Phi) is 4.11. The number of hydrogen-bond donors (Lipinski definition) is 0. The molecule has 1 aliphatic carbocycles. The zero-order chi connectivity index (χ0) is 10.6. The van der Waals surface area contributed by atoms with Crippen LogP contribution in [-0.4, -0.2) is 18.9 Å². The van der Waals surface area contributed by atoms with E-state index in [9.17, 15) is 9.59 Å². The van der Waals surface area contributed by atoms with Crippen molar-refractivity contribution < 1.29 is 14.3 Å². The second kappa shape index (κ2) is 5.13. The van der Waals surface area contributed by atoms with Gasteiger partial charge in [-0.25, -0.2) is 0 Å². The maximum absolute atomic E-state index is 11.9. The third kappa shape index (κ3) is 2.34. The van der Waals surface area contributed by atoms with Crippen molar-refractivity contribution in [3.05, 3.63) is 0 Å². The van der Waals surface area contributed by atoms with Gasteiger partial charge in [-0.05, 0) is 19.3 Å². The summed E-state index contributed by atoms with van der Waals surface area (Å²) >= 11 is 0. The van der Waals surface area contributed by atoms with Gasteiger partial charge in [0.2, 0.25) is 0 Å². The first-order valence-electron chi connectivity index (χ1n) is 5.32. The fourth-order valence-electron chi connectivity index (χ4n) is 2.12. The second-order valence-electron chi connectivity index (χ2n) is 3.87. The van der Waals surface area contributed by atoms with Gasteiger partial charge in [-0.2, -0.15) is 0 Å². The predicted molar refractivity (Wildman–Crippen MR) is 52.8 cm³/mol. The van der Waals surface area contributed by atoms with Gasteiger partial charge in [-0.3, -0.25) is 9.59 Å². The van der Waals surface area contributed by atoms with E-state index in [0.717, 1.165) is 25.7 Å². The van der Waals surface area contributed by atoms with Crippen molar-refractivity contribution in [3.8, 4) is 0 Å².